The molecular weight excluding hydrogens is 608 g/mol. The number of hydrogen-bond acceptors (Lipinski definition) is 15. The zero-order valence-corrected chi connectivity index (χ0v) is 24.7. The Morgan fingerprint density at radius 1 is 0.717 bits per heavy atom. The summed E-state index contributed by atoms with van der Waals surface area (Å²) in [5, 5.41) is 10.3. The van der Waals surface area contributed by atoms with Gasteiger partial charge in [0.25, 0.3) is 11.1 Å². The Hall–Kier alpha value is -5.96. The fraction of sp³-hybridized carbons (Fsp3) is 0.129. The molecular formula is C31H22N10O4S. The SMILES string of the molecule is O=c1oc2ccccc2cc1-c1nnc(Sc2nc(Oc3cccc4cccnc34)nc(N3CCN(c4ncccn4)CC3)n2)o1. The Balaban J connectivity index is 1.10. The van der Waals surface area contributed by atoms with Crippen LogP contribution in [-0.4, -0.2) is 66.3 Å². The van der Waals surface area contributed by atoms with E-state index in [0.717, 1.165) is 22.5 Å². The minimum atomic E-state index is -0.583. The summed E-state index contributed by atoms with van der Waals surface area (Å²) in [5.74, 6) is 1.62. The molecule has 0 saturated carbocycles. The molecule has 0 radical (unpaired) electrons. The number of piperazine rings is 1. The number of anilines is 2. The highest BCUT2D eigenvalue weighted by Crippen LogP contribution is 2.32. The van der Waals surface area contributed by atoms with Gasteiger partial charge in [0.05, 0.1) is 0 Å². The van der Waals surface area contributed by atoms with Gasteiger partial charge in [-0.3, -0.25) is 4.98 Å². The van der Waals surface area contributed by atoms with Crippen molar-refractivity contribution in [1.82, 2.24) is 40.1 Å². The second-order valence-electron chi connectivity index (χ2n) is 10.1. The highest BCUT2D eigenvalue weighted by molar-refractivity contribution is 7.98. The van der Waals surface area contributed by atoms with E-state index in [-0.39, 0.29) is 27.8 Å². The normalized spacial score (nSPS) is 13.4. The number of pyridine rings is 1. The number of para-hydroxylation sites is 2. The summed E-state index contributed by atoms with van der Waals surface area (Å²) in [7, 11) is 0. The molecule has 2 aromatic carbocycles. The highest BCUT2D eigenvalue weighted by atomic mass is 32.2. The van der Waals surface area contributed by atoms with Crippen molar-refractivity contribution in [2.45, 2.75) is 10.4 Å². The molecule has 0 spiro atoms. The quantitative estimate of drug-likeness (QED) is 0.224. The number of nitrogens with zero attached hydrogens (tertiary/aromatic N) is 10. The minimum absolute atomic E-state index is 0.0221. The van der Waals surface area contributed by atoms with Gasteiger partial charge in [0.15, 0.2) is 5.75 Å². The van der Waals surface area contributed by atoms with E-state index in [1.54, 1.807) is 42.9 Å². The van der Waals surface area contributed by atoms with Crippen LogP contribution in [0.2, 0.25) is 0 Å². The van der Waals surface area contributed by atoms with E-state index in [0.29, 0.717) is 54.9 Å². The zero-order valence-electron chi connectivity index (χ0n) is 23.9. The topological polar surface area (TPSA) is 162 Å². The predicted octanol–water partition coefficient (Wildman–Crippen LogP) is 4.64. The summed E-state index contributed by atoms with van der Waals surface area (Å²) in [4.78, 5) is 44.0. The number of hydrogen-bond donors (Lipinski definition) is 0. The molecule has 0 amide bonds. The first-order valence-corrected chi connectivity index (χ1v) is 15.1. The molecule has 1 saturated heterocycles. The van der Waals surface area contributed by atoms with Crippen molar-refractivity contribution in [3.63, 3.8) is 0 Å². The van der Waals surface area contributed by atoms with Crippen molar-refractivity contribution in [3.05, 3.63) is 95.7 Å². The molecule has 14 nitrogen and oxygen atoms in total. The van der Waals surface area contributed by atoms with Gasteiger partial charge in [-0.15, -0.1) is 10.2 Å². The van der Waals surface area contributed by atoms with Crippen molar-refractivity contribution in [2.24, 2.45) is 0 Å². The lowest BCUT2D eigenvalue weighted by atomic mass is 10.2. The molecule has 0 N–H and O–H groups in total. The maximum absolute atomic E-state index is 12.7. The van der Waals surface area contributed by atoms with Crippen molar-refractivity contribution in [1.29, 1.82) is 0 Å². The maximum Gasteiger partial charge on any atom is 0.349 e. The van der Waals surface area contributed by atoms with Gasteiger partial charge in [0.2, 0.25) is 17.1 Å². The molecule has 1 aliphatic rings. The standard InChI is InChI=1S/C31H22N10O4S/c42-26-21(18-20-6-1-2-9-22(20)43-26)25-38-39-31(45-25)46-30-36-28(41-16-14-40(15-17-41)27-33-12-5-13-34-27)35-29(37-30)44-23-10-3-7-19-8-4-11-32-24(19)23/h1-13,18H,14-17H2. The van der Waals surface area contributed by atoms with Crippen LogP contribution < -0.4 is 20.2 Å². The van der Waals surface area contributed by atoms with Crippen LogP contribution >= 0.6 is 11.8 Å². The zero-order chi connectivity index (χ0) is 30.9. The number of ether oxygens (including phenoxy) is 1. The predicted molar refractivity (Wildman–Crippen MR) is 168 cm³/mol. The maximum atomic E-state index is 12.7. The molecule has 8 rings (SSSR count). The molecule has 226 valence electrons. The van der Waals surface area contributed by atoms with E-state index in [4.69, 9.17) is 18.6 Å². The van der Waals surface area contributed by atoms with Crippen LogP contribution in [0.1, 0.15) is 0 Å². The van der Waals surface area contributed by atoms with Crippen LogP contribution in [0.4, 0.5) is 11.9 Å². The Morgan fingerprint density at radius 2 is 1.48 bits per heavy atom. The summed E-state index contributed by atoms with van der Waals surface area (Å²) < 4.78 is 17.5. The van der Waals surface area contributed by atoms with E-state index in [2.05, 4.69) is 40.0 Å². The third kappa shape index (κ3) is 5.54. The molecule has 7 aromatic rings. The van der Waals surface area contributed by atoms with Crippen molar-refractivity contribution < 1.29 is 13.6 Å². The third-order valence-corrected chi connectivity index (χ3v) is 7.94. The van der Waals surface area contributed by atoms with Crippen LogP contribution in [0.15, 0.2) is 109 Å². The summed E-state index contributed by atoms with van der Waals surface area (Å²) in [6.45, 7) is 2.57. The van der Waals surface area contributed by atoms with Crippen LogP contribution in [0.3, 0.4) is 0 Å². The first-order valence-electron chi connectivity index (χ1n) is 14.3. The average molecular weight is 631 g/mol. The van der Waals surface area contributed by atoms with Crippen molar-refractivity contribution >= 4 is 45.5 Å². The Kier molecular flexibility index (Phi) is 7.11. The van der Waals surface area contributed by atoms with E-state index in [9.17, 15) is 4.79 Å². The minimum Gasteiger partial charge on any atom is -0.422 e. The van der Waals surface area contributed by atoms with Gasteiger partial charge in [-0.25, -0.2) is 14.8 Å². The van der Waals surface area contributed by atoms with Crippen molar-refractivity contribution in [2.75, 3.05) is 36.0 Å². The first-order chi connectivity index (χ1) is 22.7. The Morgan fingerprint density at radius 3 is 2.35 bits per heavy atom. The number of benzene rings is 2. The number of rotatable bonds is 7. The summed E-state index contributed by atoms with van der Waals surface area (Å²) in [6.07, 6.45) is 5.16. The van der Waals surface area contributed by atoms with Gasteiger partial charge >= 0.3 is 11.6 Å². The fourth-order valence-electron chi connectivity index (χ4n) is 5.03. The van der Waals surface area contributed by atoms with E-state index >= 15 is 0 Å². The highest BCUT2D eigenvalue weighted by Gasteiger charge is 2.24. The summed E-state index contributed by atoms with van der Waals surface area (Å²) >= 11 is 1.03. The second kappa shape index (κ2) is 11.9. The molecule has 0 atom stereocenters. The van der Waals surface area contributed by atoms with E-state index < -0.39 is 5.63 Å². The van der Waals surface area contributed by atoms with Gasteiger partial charge in [-0.2, -0.15) is 15.0 Å². The van der Waals surface area contributed by atoms with E-state index in [1.165, 1.54) is 0 Å². The van der Waals surface area contributed by atoms with Gasteiger partial charge in [0, 0.05) is 67.3 Å². The Labute approximate surface area is 264 Å². The molecule has 0 unspecified atom stereocenters. The molecule has 6 heterocycles. The summed E-state index contributed by atoms with van der Waals surface area (Å²) in [6, 6.07) is 20.2. The number of aromatic nitrogens is 8. The van der Waals surface area contributed by atoms with Gasteiger partial charge in [-0.05, 0) is 30.3 Å². The molecule has 15 heteroatoms. The third-order valence-electron chi connectivity index (χ3n) is 7.23. The van der Waals surface area contributed by atoms with Crippen LogP contribution in [0.25, 0.3) is 33.3 Å². The number of fused-ring (bicyclic) bond motifs is 2. The molecule has 0 bridgehead atoms. The lowest BCUT2D eigenvalue weighted by Crippen LogP contribution is -2.47. The molecule has 46 heavy (non-hydrogen) atoms. The van der Waals surface area contributed by atoms with Gasteiger partial charge in [0.1, 0.15) is 16.7 Å². The van der Waals surface area contributed by atoms with E-state index in [1.807, 2.05) is 47.4 Å². The monoisotopic (exact) mass is 630 g/mol. The molecule has 0 aliphatic carbocycles. The first kappa shape index (κ1) is 27.6. The summed E-state index contributed by atoms with van der Waals surface area (Å²) in [5.41, 5.74) is 0.713. The molecule has 5 aromatic heterocycles. The second-order valence-corrected chi connectivity index (χ2v) is 11.0. The average Bonchev–Trinajstić information content (AvgIpc) is 3.56. The van der Waals surface area contributed by atoms with Crippen LogP contribution in [0.5, 0.6) is 11.8 Å². The van der Waals surface area contributed by atoms with Gasteiger partial charge < -0.3 is 23.4 Å². The molecule has 1 aliphatic heterocycles. The lowest BCUT2D eigenvalue weighted by Gasteiger charge is -2.34. The molecule has 1 fully saturated rings. The van der Waals surface area contributed by atoms with Gasteiger partial charge in [-0.1, -0.05) is 36.4 Å². The van der Waals surface area contributed by atoms with Crippen LogP contribution in [-0.2, 0) is 0 Å². The Bertz CT molecular complexity index is 2230. The smallest absolute Gasteiger partial charge is 0.349 e. The van der Waals surface area contributed by atoms with Crippen molar-refractivity contribution in [3.8, 4) is 23.2 Å². The fourth-order valence-corrected chi connectivity index (χ4v) is 5.64. The lowest BCUT2D eigenvalue weighted by molar-refractivity contribution is 0.433. The largest absolute Gasteiger partial charge is 0.422 e. The van der Waals surface area contributed by atoms with Crippen LogP contribution in [0, 0.1) is 0 Å².